The molecule has 1 aromatic carbocycles. The first-order valence-electron chi connectivity index (χ1n) is 8.23. The topological polar surface area (TPSA) is 75.4 Å². The maximum atomic E-state index is 12.8. The van der Waals surface area contributed by atoms with Crippen LogP contribution >= 0.6 is 11.8 Å². The molecular formula is C17H21N3O2S. The van der Waals surface area contributed by atoms with Gasteiger partial charge in [-0.05, 0) is 42.9 Å². The highest BCUT2D eigenvalue weighted by molar-refractivity contribution is 7.99. The van der Waals surface area contributed by atoms with E-state index in [0.717, 1.165) is 42.3 Å². The molecule has 3 N–H and O–H groups in total. The van der Waals surface area contributed by atoms with Gasteiger partial charge in [0.25, 0.3) is 5.91 Å². The number of likely N-dealkylation sites (tertiary alicyclic amines) is 1. The first-order chi connectivity index (χ1) is 11.1. The molecule has 0 aromatic heterocycles. The number of rotatable bonds is 1. The predicted octanol–water partition coefficient (Wildman–Crippen LogP) is 1.93. The van der Waals surface area contributed by atoms with Crippen LogP contribution in [0, 0.1) is 11.8 Å². The van der Waals surface area contributed by atoms with Gasteiger partial charge >= 0.3 is 0 Å². The van der Waals surface area contributed by atoms with Crippen LogP contribution < -0.4 is 11.1 Å². The molecule has 1 aliphatic carbocycles. The van der Waals surface area contributed by atoms with Gasteiger partial charge in [0.1, 0.15) is 0 Å². The molecule has 2 heterocycles. The van der Waals surface area contributed by atoms with Crippen LogP contribution in [0.2, 0.25) is 0 Å². The monoisotopic (exact) mass is 331 g/mol. The van der Waals surface area contributed by atoms with Crippen LogP contribution in [-0.2, 0) is 4.79 Å². The van der Waals surface area contributed by atoms with Gasteiger partial charge in [-0.2, -0.15) is 0 Å². The number of carbonyl (C=O) groups is 2. The third kappa shape index (κ3) is 2.74. The average molecular weight is 331 g/mol. The van der Waals surface area contributed by atoms with E-state index in [9.17, 15) is 9.59 Å². The van der Waals surface area contributed by atoms with Crippen LogP contribution in [0.15, 0.2) is 23.1 Å². The van der Waals surface area contributed by atoms with Crippen LogP contribution in [-0.4, -0.2) is 41.6 Å². The number of thioether (sulfide) groups is 1. The van der Waals surface area contributed by atoms with E-state index in [1.165, 1.54) is 0 Å². The van der Waals surface area contributed by atoms with Crippen molar-refractivity contribution in [1.29, 1.82) is 0 Å². The van der Waals surface area contributed by atoms with Gasteiger partial charge in [-0.25, -0.2) is 0 Å². The third-order valence-electron chi connectivity index (χ3n) is 5.29. The summed E-state index contributed by atoms with van der Waals surface area (Å²) in [7, 11) is 0. The average Bonchev–Trinajstić information content (AvgIpc) is 3.04. The van der Waals surface area contributed by atoms with Crippen molar-refractivity contribution in [2.75, 3.05) is 24.2 Å². The van der Waals surface area contributed by atoms with Gasteiger partial charge in [-0.1, -0.05) is 0 Å². The predicted molar refractivity (Wildman–Crippen MR) is 90.5 cm³/mol. The van der Waals surface area contributed by atoms with Crippen molar-refractivity contribution in [3.8, 4) is 0 Å². The number of nitrogens with one attached hydrogen (secondary N) is 1. The Labute approximate surface area is 140 Å². The Balaban J connectivity index is 1.54. The molecule has 1 saturated heterocycles. The largest absolute Gasteiger partial charge is 0.338 e. The standard InChI is InChI=1S/C17H21N3O2S/c18-13-3-1-11-8-20(9-12(11)13)17(22)10-2-4-15-14(7-10)19-16(21)5-6-23-15/h2,4,7,11-13H,1,3,5-6,8-9,18H2,(H,19,21). The third-order valence-corrected chi connectivity index (χ3v) is 6.36. The minimum absolute atomic E-state index is 0.0162. The molecule has 5 nitrogen and oxygen atoms in total. The number of fused-ring (bicyclic) bond motifs is 2. The van der Waals surface area contributed by atoms with Gasteiger partial charge in [0.15, 0.2) is 0 Å². The Bertz CT molecular complexity index is 663. The maximum absolute atomic E-state index is 12.8. The fraction of sp³-hybridized carbons (Fsp3) is 0.529. The summed E-state index contributed by atoms with van der Waals surface area (Å²) < 4.78 is 0. The molecule has 122 valence electrons. The van der Waals surface area contributed by atoms with E-state index < -0.39 is 0 Å². The lowest BCUT2D eigenvalue weighted by atomic mass is 9.98. The minimum Gasteiger partial charge on any atom is -0.338 e. The number of amides is 2. The molecule has 23 heavy (non-hydrogen) atoms. The molecule has 1 saturated carbocycles. The molecule has 1 aromatic rings. The fourth-order valence-electron chi connectivity index (χ4n) is 4.01. The molecule has 2 amide bonds. The zero-order chi connectivity index (χ0) is 16.0. The highest BCUT2D eigenvalue weighted by Gasteiger charge is 2.42. The summed E-state index contributed by atoms with van der Waals surface area (Å²) in [6.07, 6.45) is 2.72. The Morgan fingerprint density at radius 2 is 2.17 bits per heavy atom. The second-order valence-corrected chi connectivity index (χ2v) is 7.87. The number of carbonyl (C=O) groups excluding carboxylic acids is 2. The van der Waals surface area contributed by atoms with Gasteiger partial charge in [-0.3, -0.25) is 9.59 Å². The van der Waals surface area contributed by atoms with E-state index in [4.69, 9.17) is 5.73 Å². The van der Waals surface area contributed by atoms with Crippen molar-refractivity contribution in [1.82, 2.24) is 4.90 Å². The molecule has 0 radical (unpaired) electrons. The van der Waals surface area contributed by atoms with Gasteiger partial charge in [-0.15, -0.1) is 11.8 Å². The van der Waals surface area contributed by atoms with E-state index in [0.29, 0.717) is 23.8 Å². The summed E-state index contributed by atoms with van der Waals surface area (Å²) >= 11 is 1.66. The van der Waals surface area contributed by atoms with E-state index in [2.05, 4.69) is 5.32 Å². The SMILES string of the molecule is NC1CCC2CN(C(=O)c3ccc4c(c3)NC(=O)CCS4)CC12. The van der Waals surface area contributed by atoms with Gasteiger partial charge in [0.2, 0.25) is 5.91 Å². The fourth-order valence-corrected chi connectivity index (χ4v) is 4.95. The Hall–Kier alpha value is -1.53. The molecule has 6 heteroatoms. The van der Waals surface area contributed by atoms with E-state index >= 15 is 0 Å². The molecule has 2 fully saturated rings. The number of benzene rings is 1. The normalized spacial score (nSPS) is 29.7. The Morgan fingerprint density at radius 3 is 3.00 bits per heavy atom. The van der Waals surface area contributed by atoms with Crippen LogP contribution in [0.4, 0.5) is 5.69 Å². The van der Waals surface area contributed by atoms with E-state index in [1.807, 2.05) is 23.1 Å². The Morgan fingerprint density at radius 1 is 1.30 bits per heavy atom. The maximum Gasteiger partial charge on any atom is 0.253 e. The summed E-state index contributed by atoms with van der Waals surface area (Å²) in [5.41, 5.74) is 7.57. The van der Waals surface area contributed by atoms with Crippen molar-refractivity contribution in [3.63, 3.8) is 0 Å². The number of anilines is 1. The summed E-state index contributed by atoms with van der Waals surface area (Å²) in [6, 6.07) is 5.88. The van der Waals surface area contributed by atoms with Gasteiger partial charge in [0.05, 0.1) is 5.69 Å². The molecule has 0 spiro atoms. The molecule has 3 aliphatic rings. The number of hydrogen-bond donors (Lipinski definition) is 2. The molecular weight excluding hydrogens is 310 g/mol. The van der Waals surface area contributed by atoms with Crippen molar-refractivity contribution >= 4 is 29.3 Å². The zero-order valence-electron chi connectivity index (χ0n) is 13.0. The quantitative estimate of drug-likeness (QED) is 0.824. The van der Waals surface area contributed by atoms with Crippen LogP contribution in [0.1, 0.15) is 29.6 Å². The molecule has 0 bridgehead atoms. The van der Waals surface area contributed by atoms with Crippen molar-refractivity contribution < 1.29 is 9.59 Å². The number of nitrogens with zero attached hydrogens (tertiary/aromatic N) is 1. The second kappa shape index (κ2) is 5.83. The van der Waals surface area contributed by atoms with Crippen molar-refractivity contribution in [3.05, 3.63) is 23.8 Å². The zero-order valence-corrected chi connectivity index (χ0v) is 13.8. The van der Waals surface area contributed by atoms with Crippen molar-refractivity contribution in [2.24, 2.45) is 17.6 Å². The van der Waals surface area contributed by atoms with E-state index in [-0.39, 0.29) is 17.9 Å². The summed E-state index contributed by atoms with van der Waals surface area (Å²) in [5.74, 6) is 1.86. The smallest absolute Gasteiger partial charge is 0.253 e. The molecule has 3 atom stereocenters. The lowest BCUT2D eigenvalue weighted by molar-refractivity contribution is -0.115. The molecule has 4 rings (SSSR count). The van der Waals surface area contributed by atoms with Gasteiger partial charge < -0.3 is 16.0 Å². The summed E-state index contributed by atoms with van der Waals surface area (Å²) in [4.78, 5) is 27.5. The minimum atomic E-state index is 0.0162. The number of hydrogen-bond acceptors (Lipinski definition) is 4. The second-order valence-electron chi connectivity index (χ2n) is 6.73. The lowest BCUT2D eigenvalue weighted by Gasteiger charge is -2.19. The van der Waals surface area contributed by atoms with Crippen molar-refractivity contribution in [2.45, 2.75) is 30.2 Å². The summed E-state index contributed by atoms with van der Waals surface area (Å²) in [5, 5.41) is 2.90. The highest BCUT2D eigenvalue weighted by atomic mass is 32.2. The Kier molecular flexibility index (Phi) is 3.81. The van der Waals surface area contributed by atoms with Crippen LogP contribution in [0.3, 0.4) is 0 Å². The van der Waals surface area contributed by atoms with E-state index in [1.54, 1.807) is 11.8 Å². The highest BCUT2D eigenvalue weighted by Crippen LogP contribution is 2.38. The first-order valence-corrected chi connectivity index (χ1v) is 9.22. The first kappa shape index (κ1) is 15.0. The molecule has 2 aliphatic heterocycles. The van der Waals surface area contributed by atoms with Crippen LogP contribution in [0.25, 0.3) is 0 Å². The number of nitrogens with two attached hydrogens (primary N) is 1. The van der Waals surface area contributed by atoms with Crippen LogP contribution in [0.5, 0.6) is 0 Å². The molecule has 3 unspecified atom stereocenters. The summed E-state index contributed by atoms with van der Waals surface area (Å²) in [6.45, 7) is 1.58. The van der Waals surface area contributed by atoms with Gasteiger partial charge in [0, 0.05) is 41.8 Å². The lowest BCUT2D eigenvalue weighted by Crippen LogP contribution is -2.33.